The summed E-state index contributed by atoms with van der Waals surface area (Å²) in [5.41, 5.74) is 7.57. The Morgan fingerprint density at radius 3 is 2.86 bits per heavy atom. The van der Waals surface area contributed by atoms with Crippen LogP contribution in [0.2, 0.25) is 0 Å². The smallest absolute Gasteiger partial charge is 0.161 e. The van der Waals surface area contributed by atoms with Crippen molar-refractivity contribution in [1.29, 1.82) is 0 Å². The second-order valence-corrected chi connectivity index (χ2v) is 6.20. The zero-order chi connectivity index (χ0) is 14.7. The van der Waals surface area contributed by atoms with Crippen molar-refractivity contribution in [2.75, 3.05) is 26.3 Å². The fourth-order valence-electron chi connectivity index (χ4n) is 3.25. The lowest BCUT2D eigenvalue weighted by atomic mass is 10.0. The van der Waals surface area contributed by atoms with Crippen LogP contribution in [0.4, 0.5) is 0 Å². The van der Waals surface area contributed by atoms with Crippen molar-refractivity contribution in [3.05, 3.63) is 23.8 Å². The summed E-state index contributed by atoms with van der Waals surface area (Å²) in [5.74, 6) is 1.67. The van der Waals surface area contributed by atoms with E-state index in [-0.39, 0.29) is 6.04 Å². The number of benzene rings is 1. The second kappa shape index (κ2) is 6.67. The molecule has 0 bridgehead atoms. The third-order valence-corrected chi connectivity index (χ3v) is 4.62. The first-order chi connectivity index (χ1) is 10.2. The Bertz CT molecular complexity index is 478. The maximum atomic E-state index is 6.43. The molecule has 0 aliphatic carbocycles. The molecule has 2 atom stereocenters. The molecular formula is C17H26N2O2. The Morgan fingerprint density at radius 1 is 1.19 bits per heavy atom. The number of rotatable bonds is 3. The minimum absolute atomic E-state index is 0.0291. The van der Waals surface area contributed by atoms with Gasteiger partial charge in [0.1, 0.15) is 13.2 Å². The minimum Gasteiger partial charge on any atom is -0.486 e. The van der Waals surface area contributed by atoms with Crippen LogP contribution < -0.4 is 15.2 Å². The van der Waals surface area contributed by atoms with Crippen LogP contribution in [0.1, 0.15) is 44.2 Å². The first kappa shape index (κ1) is 14.7. The number of nitrogens with zero attached hydrogens (tertiary/aromatic N) is 1. The molecule has 116 valence electrons. The molecule has 2 N–H and O–H groups in total. The highest BCUT2D eigenvalue weighted by molar-refractivity contribution is 5.44. The average Bonchev–Trinajstić information content (AvgIpc) is 2.72. The van der Waals surface area contributed by atoms with Gasteiger partial charge in [0.25, 0.3) is 0 Å². The van der Waals surface area contributed by atoms with Gasteiger partial charge >= 0.3 is 0 Å². The lowest BCUT2D eigenvalue weighted by molar-refractivity contribution is 0.171. The van der Waals surface area contributed by atoms with Crippen LogP contribution in [0.15, 0.2) is 18.2 Å². The molecule has 1 saturated heterocycles. The Balaban J connectivity index is 1.68. The molecule has 21 heavy (non-hydrogen) atoms. The molecular weight excluding hydrogens is 264 g/mol. The Kier molecular flexibility index (Phi) is 4.66. The predicted octanol–water partition coefficient (Wildman–Crippen LogP) is 2.72. The summed E-state index contributed by atoms with van der Waals surface area (Å²) in [7, 11) is 0. The van der Waals surface area contributed by atoms with Crippen LogP contribution in [0.25, 0.3) is 0 Å². The number of ether oxygens (including phenoxy) is 2. The summed E-state index contributed by atoms with van der Waals surface area (Å²) in [6, 6.07) is 6.76. The molecule has 1 aromatic rings. The Morgan fingerprint density at radius 2 is 2.00 bits per heavy atom. The Labute approximate surface area is 127 Å². The topological polar surface area (TPSA) is 47.7 Å². The van der Waals surface area contributed by atoms with Gasteiger partial charge in [-0.05, 0) is 44.0 Å². The van der Waals surface area contributed by atoms with E-state index in [4.69, 9.17) is 15.2 Å². The SMILES string of the molecule is CC1CCCCCN1CC(N)c1ccc2c(c1)OCCO2. The molecule has 4 heteroatoms. The molecule has 2 aliphatic rings. The number of fused-ring (bicyclic) bond motifs is 1. The largest absolute Gasteiger partial charge is 0.486 e. The van der Waals surface area contributed by atoms with Gasteiger partial charge in [0.15, 0.2) is 11.5 Å². The second-order valence-electron chi connectivity index (χ2n) is 6.20. The number of hydrogen-bond acceptors (Lipinski definition) is 4. The first-order valence-corrected chi connectivity index (χ1v) is 8.13. The lowest BCUT2D eigenvalue weighted by Gasteiger charge is -2.30. The molecule has 0 saturated carbocycles. The molecule has 4 nitrogen and oxygen atoms in total. The number of hydrogen-bond donors (Lipinski definition) is 1. The van der Waals surface area contributed by atoms with Crippen molar-refractivity contribution < 1.29 is 9.47 Å². The Hall–Kier alpha value is -1.26. The molecule has 1 fully saturated rings. The maximum absolute atomic E-state index is 6.43. The van der Waals surface area contributed by atoms with Crippen LogP contribution in [-0.4, -0.2) is 37.2 Å². The molecule has 0 spiro atoms. The van der Waals surface area contributed by atoms with Gasteiger partial charge in [0.05, 0.1) is 0 Å². The van der Waals surface area contributed by atoms with Crippen LogP contribution in [0.3, 0.4) is 0 Å². The number of nitrogens with two attached hydrogens (primary N) is 1. The standard InChI is InChI=1S/C17H26N2O2/c1-13-5-3-2-4-8-19(13)12-15(18)14-6-7-16-17(11-14)21-10-9-20-16/h6-7,11,13,15H,2-5,8-10,12,18H2,1H3. The van der Waals surface area contributed by atoms with Gasteiger partial charge in [-0.1, -0.05) is 18.9 Å². The summed E-state index contributed by atoms with van der Waals surface area (Å²) in [4.78, 5) is 2.54. The van der Waals surface area contributed by atoms with Crippen LogP contribution in [-0.2, 0) is 0 Å². The number of likely N-dealkylation sites (tertiary alicyclic amines) is 1. The maximum Gasteiger partial charge on any atom is 0.161 e. The van der Waals surface area contributed by atoms with E-state index in [2.05, 4.69) is 17.9 Å². The summed E-state index contributed by atoms with van der Waals surface area (Å²) in [6.45, 7) is 5.65. The normalized spacial score (nSPS) is 24.4. The summed E-state index contributed by atoms with van der Waals surface area (Å²) < 4.78 is 11.2. The molecule has 0 radical (unpaired) electrons. The minimum atomic E-state index is 0.0291. The molecule has 2 aliphatic heterocycles. The van der Waals surface area contributed by atoms with Crippen molar-refractivity contribution in [2.45, 2.75) is 44.7 Å². The highest BCUT2D eigenvalue weighted by Gasteiger charge is 2.21. The van der Waals surface area contributed by atoms with E-state index >= 15 is 0 Å². The molecule has 0 aromatic heterocycles. The van der Waals surface area contributed by atoms with E-state index in [0.717, 1.165) is 23.6 Å². The van der Waals surface area contributed by atoms with Gasteiger partial charge in [0, 0.05) is 18.6 Å². The molecule has 2 heterocycles. The van der Waals surface area contributed by atoms with Gasteiger partial charge in [-0.3, -0.25) is 4.90 Å². The van der Waals surface area contributed by atoms with E-state index in [1.807, 2.05) is 12.1 Å². The zero-order valence-corrected chi connectivity index (χ0v) is 12.9. The fraction of sp³-hybridized carbons (Fsp3) is 0.647. The van der Waals surface area contributed by atoms with Crippen molar-refractivity contribution in [2.24, 2.45) is 5.73 Å². The van der Waals surface area contributed by atoms with Crippen LogP contribution >= 0.6 is 0 Å². The molecule has 3 rings (SSSR count). The first-order valence-electron chi connectivity index (χ1n) is 8.13. The van der Waals surface area contributed by atoms with Gasteiger partial charge in [-0.15, -0.1) is 0 Å². The quantitative estimate of drug-likeness (QED) is 0.930. The molecule has 2 unspecified atom stereocenters. The highest BCUT2D eigenvalue weighted by atomic mass is 16.6. The molecule has 1 aromatic carbocycles. The lowest BCUT2D eigenvalue weighted by Crippen LogP contribution is -2.38. The summed E-state index contributed by atoms with van der Waals surface area (Å²) in [6.07, 6.45) is 5.27. The van der Waals surface area contributed by atoms with E-state index in [1.54, 1.807) is 0 Å². The van der Waals surface area contributed by atoms with E-state index in [1.165, 1.54) is 32.2 Å². The average molecular weight is 290 g/mol. The monoisotopic (exact) mass is 290 g/mol. The van der Waals surface area contributed by atoms with Crippen LogP contribution in [0.5, 0.6) is 11.5 Å². The zero-order valence-electron chi connectivity index (χ0n) is 12.9. The van der Waals surface area contributed by atoms with Crippen LogP contribution in [0, 0.1) is 0 Å². The summed E-state index contributed by atoms with van der Waals surface area (Å²) in [5, 5.41) is 0. The van der Waals surface area contributed by atoms with Gasteiger partial charge < -0.3 is 15.2 Å². The summed E-state index contributed by atoms with van der Waals surface area (Å²) >= 11 is 0. The highest BCUT2D eigenvalue weighted by Crippen LogP contribution is 2.32. The predicted molar refractivity (Wildman–Crippen MR) is 83.9 cm³/mol. The van der Waals surface area contributed by atoms with Crippen molar-refractivity contribution in [3.63, 3.8) is 0 Å². The van der Waals surface area contributed by atoms with Crippen molar-refractivity contribution in [1.82, 2.24) is 4.90 Å². The van der Waals surface area contributed by atoms with E-state index in [9.17, 15) is 0 Å². The fourth-order valence-corrected chi connectivity index (χ4v) is 3.25. The van der Waals surface area contributed by atoms with Gasteiger partial charge in [-0.2, -0.15) is 0 Å². The van der Waals surface area contributed by atoms with Gasteiger partial charge in [0.2, 0.25) is 0 Å². The van der Waals surface area contributed by atoms with E-state index < -0.39 is 0 Å². The van der Waals surface area contributed by atoms with Crippen molar-refractivity contribution >= 4 is 0 Å². The third kappa shape index (κ3) is 3.50. The van der Waals surface area contributed by atoms with Crippen molar-refractivity contribution in [3.8, 4) is 11.5 Å². The van der Waals surface area contributed by atoms with E-state index in [0.29, 0.717) is 19.3 Å². The molecule has 0 amide bonds. The van der Waals surface area contributed by atoms with Gasteiger partial charge in [-0.25, -0.2) is 0 Å². The third-order valence-electron chi connectivity index (χ3n) is 4.62.